The highest BCUT2D eigenvalue weighted by Gasteiger charge is 2.35. The number of methoxy groups -OCH3 is 1. The highest BCUT2D eigenvalue weighted by molar-refractivity contribution is 7.18. The molecule has 206 valence electrons. The van der Waals surface area contributed by atoms with Crippen molar-refractivity contribution in [3.8, 4) is 28.7 Å². The van der Waals surface area contributed by atoms with Gasteiger partial charge in [0, 0.05) is 25.7 Å². The number of halogens is 4. The van der Waals surface area contributed by atoms with Gasteiger partial charge in [0.2, 0.25) is 5.88 Å². The molecule has 0 spiro atoms. The smallest absolute Gasteiger partial charge is 0.434 e. The number of anilines is 1. The van der Waals surface area contributed by atoms with Crippen molar-refractivity contribution in [1.82, 2.24) is 34.5 Å². The lowest BCUT2D eigenvalue weighted by atomic mass is 10.1. The molecule has 0 unspecified atom stereocenters. The van der Waals surface area contributed by atoms with Crippen molar-refractivity contribution in [3.63, 3.8) is 0 Å². The van der Waals surface area contributed by atoms with Gasteiger partial charge in [-0.1, -0.05) is 17.4 Å². The molecule has 5 aromatic rings. The first-order valence-electron chi connectivity index (χ1n) is 12.3. The fourth-order valence-electron chi connectivity index (χ4n) is 4.46. The lowest BCUT2D eigenvalue weighted by Gasteiger charge is -2.13. The number of ether oxygens (including phenoxy) is 1. The molecular formula is C26H22F4N8OS. The average Bonchev–Trinajstić information content (AvgIpc) is 3.58. The summed E-state index contributed by atoms with van der Waals surface area (Å²) in [4.78, 5) is 27.1. The first-order chi connectivity index (χ1) is 19.1. The number of fused-ring (bicyclic) bond motifs is 1. The van der Waals surface area contributed by atoms with Crippen LogP contribution in [0.3, 0.4) is 0 Å². The number of aryl methyl sites for hydroxylation is 2. The Morgan fingerprint density at radius 2 is 1.93 bits per heavy atom. The number of benzene rings is 1. The van der Waals surface area contributed by atoms with Crippen LogP contribution in [0.2, 0.25) is 0 Å². The normalized spacial score (nSPS) is 13.7. The molecule has 1 aromatic carbocycles. The summed E-state index contributed by atoms with van der Waals surface area (Å²) in [6.45, 7) is 2.04. The second kappa shape index (κ2) is 9.77. The number of alkyl halides is 3. The van der Waals surface area contributed by atoms with E-state index in [4.69, 9.17) is 14.7 Å². The monoisotopic (exact) mass is 570 g/mol. The molecule has 9 nitrogen and oxygen atoms in total. The van der Waals surface area contributed by atoms with Gasteiger partial charge in [0.25, 0.3) is 0 Å². The minimum atomic E-state index is -4.62. The molecule has 1 aliphatic carbocycles. The number of rotatable bonds is 7. The van der Waals surface area contributed by atoms with Crippen LogP contribution in [0.1, 0.15) is 40.7 Å². The summed E-state index contributed by atoms with van der Waals surface area (Å²) >= 11 is 1.41. The molecule has 0 amide bonds. The second-order valence-corrected chi connectivity index (χ2v) is 10.6. The topological polar surface area (TPSA) is 104 Å². The standard InChI is InChI=1S/C26H22F4N8OS/c1-12-34-20-22(36-21(37-25(20)40-12)18-19(14-5-6-14)32-11-33-24(18)39-3)31-9-13-4-7-15(16(27)8-13)23-35-17(10-38(23)2)26(28,29)30/h4,7-8,10-11,14H,5-6,9H2,1-3H3,(H,31,36,37). The van der Waals surface area contributed by atoms with Crippen LogP contribution in [0.25, 0.3) is 33.1 Å². The predicted molar refractivity (Wildman–Crippen MR) is 140 cm³/mol. The maximum absolute atomic E-state index is 15.1. The van der Waals surface area contributed by atoms with Gasteiger partial charge in [0.05, 0.1) is 23.4 Å². The molecule has 6 rings (SSSR count). The Hall–Kier alpha value is -4.20. The third-order valence-corrected chi connectivity index (χ3v) is 7.35. The van der Waals surface area contributed by atoms with Crippen LogP contribution < -0.4 is 10.1 Å². The molecule has 1 N–H and O–H groups in total. The third kappa shape index (κ3) is 4.83. The van der Waals surface area contributed by atoms with E-state index in [-0.39, 0.29) is 17.9 Å². The van der Waals surface area contributed by atoms with Gasteiger partial charge in [-0.2, -0.15) is 13.2 Å². The Bertz CT molecular complexity index is 1750. The van der Waals surface area contributed by atoms with E-state index in [1.165, 1.54) is 44.0 Å². The van der Waals surface area contributed by atoms with Crippen molar-refractivity contribution in [1.29, 1.82) is 0 Å². The fraction of sp³-hybridized carbons (Fsp3) is 0.308. The van der Waals surface area contributed by atoms with Gasteiger partial charge in [-0.05, 0) is 37.5 Å². The fourth-order valence-corrected chi connectivity index (χ4v) is 5.25. The van der Waals surface area contributed by atoms with Gasteiger partial charge in [-0.25, -0.2) is 34.3 Å². The number of imidazole rings is 1. The number of nitrogens with zero attached hydrogens (tertiary/aromatic N) is 7. The summed E-state index contributed by atoms with van der Waals surface area (Å²) in [5.74, 6) is 0.701. The van der Waals surface area contributed by atoms with E-state index in [2.05, 4.69) is 25.3 Å². The quantitative estimate of drug-likeness (QED) is 0.241. The summed E-state index contributed by atoms with van der Waals surface area (Å²) in [5, 5.41) is 4.02. The lowest BCUT2D eigenvalue weighted by molar-refractivity contribution is -0.140. The summed E-state index contributed by atoms with van der Waals surface area (Å²) in [5.41, 5.74) is 1.46. The first kappa shape index (κ1) is 26.0. The maximum atomic E-state index is 15.1. The molecule has 1 fully saturated rings. The number of thiazole rings is 1. The van der Waals surface area contributed by atoms with E-state index >= 15 is 4.39 Å². The largest absolute Gasteiger partial charge is 0.480 e. The van der Waals surface area contributed by atoms with Gasteiger partial charge in [0.15, 0.2) is 17.3 Å². The predicted octanol–water partition coefficient (Wildman–Crippen LogP) is 5.91. The molecule has 0 bridgehead atoms. The van der Waals surface area contributed by atoms with Crippen molar-refractivity contribution in [2.45, 2.75) is 38.4 Å². The van der Waals surface area contributed by atoms with Crippen LogP contribution in [0.5, 0.6) is 5.88 Å². The van der Waals surface area contributed by atoms with E-state index in [9.17, 15) is 13.2 Å². The minimum Gasteiger partial charge on any atom is -0.480 e. The van der Waals surface area contributed by atoms with Crippen molar-refractivity contribution in [3.05, 3.63) is 58.5 Å². The van der Waals surface area contributed by atoms with Gasteiger partial charge in [-0.15, -0.1) is 0 Å². The summed E-state index contributed by atoms with van der Waals surface area (Å²) in [6, 6.07) is 4.30. The Kier molecular flexibility index (Phi) is 6.36. The molecule has 0 saturated heterocycles. The molecule has 14 heteroatoms. The molecule has 1 aliphatic rings. The molecule has 0 atom stereocenters. The third-order valence-electron chi connectivity index (χ3n) is 6.49. The van der Waals surface area contributed by atoms with E-state index in [0.29, 0.717) is 44.9 Å². The van der Waals surface area contributed by atoms with Gasteiger partial charge in [-0.3, -0.25) is 0 Å². The molecule has 1 saturated carbocycles. The van der Waals surface area contributed by atoms with Crippen molar-refractivity contribution in [2.24, 2.45) is 7.05 Å². The molecule has 40 heavy (non-hydrogen) atoms. The van der Waals surface area contributed by atoms with Gasteiger partial charge < -0.3 is 14.6 Å². The van der Waals surface area contributed by atoms with Crippen molar-refractivity contribution < 1.29 is 22.3 Å². The highest BCUT2D eigenvalue weighted by atomic mass is 32.1. The highest BCUT2D eigenvalue weighted by Crippen LogP contribution is 2.45. The first-order valence-corrected chi connectivity index (χ1v) is 13.1. The summed E-state index contributed by atoms with van der Waals surface area (Å²) in [6.07, 6.45) is -0.298. The Balaban J connectivity index is 1.33. The lowest BCUT2D eigenvalue weighted by Crippen LogP contribution is -2.07. The SMILES string of the molecule is COc1ncnc(C2CC2)c1-c1nc(NCc2ccc(-c3nc(C(F)(F)F)cn3C)c(F)c2)c2nc(C)sc2n1. The average molecular weight is 571 g/mol. The zero-order valence-electron chi connectivity index (χ0n) is 21.5. The van der Waals surface area contributed by atoms with Crippen LogP contribution in [0, 0.1) is 12.7 Å². The van der Waals surface area contributed by atoms with E-state index in [1.807, 2.05) is 6.92 Å². The van der Waals surface area contributed by atoms with E-state index in [0.717, 1.165) is 34.3 Å². The minimum absolute atomic E-state index is 0.0348. The number of aromatic nitrogens is 7. The van der Waals surface area contributed by atoms with Gasteiger partial charge in [0.1, 0.15) is 33.9 Å². The molecule has 0 aliphatic heterocycles. The van der Waals surface area contributed by atoms with E-state index in [1.54, 1.807) is 6.07 Å². The van der Waals surface area contributed by atoms with E-state index < -0.39 is 17.7 Å². The molecule has 4 heterocycles. The van der Waals surface area contributed by atoms with Crippen LogP contribution >= 0.6 is 11.3 Å². The number of hydrogen-bond acceptors (Lipinski definition) is 9. The summed E-state index contributed by atoms with van der Waals surface area (Å²) < 4.78 is 61.0. The van der Waals surface area contributed by atoms with Crippen LogP contribution in [-0.4, -0.2) is 41.6 Å². The van der Waals surface area contributed by atoms with Crippen LogP contribution in [0.4, 0.5) is 23.4 Å². The molecule has 4 aromatic heterocycles. The Labute approximate surface area is 229 Å². The maximum Gasteiger partial charge on any atom is 0.434 e. The molecular weight excluding hydrogens is 548 g/mol. The Morgan fingerprint density at radius 1 is 1.12 bits per heavy atom. The van der Waals surface area contributed by atoms with Crippen molar-refractivity contribution in [2.75, 3.05) is 12.4 Å². The second-order valence-electron chi connectivity index (χ2n) is 9.43. The van der Waals surface area contributed by atoms with Crippen LogP contribution in [0.15, 0.2) is 30.7 Å². The Morgan fingerprint density at radius 3 is 2.60 bits per heavy atom. The van der Waals surface area contributed by atoms with Crippen molar-refractivity contribution >= 4 is 27.5 Å². The number of nitrogens with one attached hydrogen (secondary N) is 1. The summed E-state index contributed by atoms with van der Waals surface area (Å²) in [7, 11) is 2.92. The zero-order valence-corrected chi connectivity index (χ0v) is 22.4. The molecule has 0 radical (unpaired) electrons. The zero-order chi connectivity index (χ0) is 28.2. The van der Waals surface area contributed by atoms with Gasteiger partial charge >= 0.3 is 6.18 Å². The van der Waals surface area contributed by atoms with Crippen LogP contribution in [-0.2, 0) is 19.8 Å². The number of hydrogen-bond donors (Lipinski definition) is 1.